The summed E-state index contributed by atoms with van der Waals surface area (Å²) in [6.45, 7) is 0.215. The van der Waals surface area contributed by atoms with E-state index in [-0.39, 0.29) is 6.61 Å². The second-order valence-electron chi connectivity index (χ2n) is 2.34. The summed E-state index contributed by atoms with van der Waals surface area (Å²) < 4.78 is 0. The molecule has 3 heteroatoms. The molecule has 1 aromatic heterocycles. The van der Waals surface area contributed by atoms with Gasteiger partial charge in [0.2, 0.25) is 0 Å². The van der Waals surface area contributed by atoms with Gasteiger partial charge in [-0.3, -0.25) is 4.98 Å². The Bertz CT molecular complexity index is 227. The van der Waals surface area contributed by atoms with Crippen molar-refractivity contribution >= 4 is 11.6 Å². The van der Waals surface area contributed by atoms with Crippen LogP contribution in [0.3, 0.4) is 0 Å². The van der Waals surface area contributed by atoms with E-state index in [0.717, 1.165) is 18.4 Å². The summed E-state index contributed by atoms with van der Waals surface area (Å²) in [5.41, 5.74) is 1.08. The molecule has 0 fully saturated rings. The first-order valence-corrected chi connectivity index (χ1v) is 3.91. The number of aromatic nitrogens is 1. The fourth-order valence-electron chi connectivity index (χ4n) is 0.876. The Labute approximate surface area is 70.8 Å². The van der Waals surface area contributed by atoms with Crippen LogP contribution in [0.1, 0.15) is 12.0 Å². The minimum atomic E-state index is 0.215. The van der Waals surface area contributed by atoms with Crippen LogP contribution in [0.5, 0.6) is 0 Å². The lowest BCUT2D eigenvalue weighted by Gasteiger charge is -1.97. The molecule has 0 spiro atoms. The van der Waals surface area contributed by atoms with Crippen molar-refractivity contribution in [3.8, 4) is 0 Å². The van der Waals surface area contributed by atoms with E-state index in [2.05, 4.69) is 4.98 Å². The summed E-state index contributed by atoms with van der Waals surface area (Å²) in [6.07, 6.45) is 4.97. The van der Waals surface area contributed by atoms with Crippen LogP contribution in [0.15, 0.2) is 18.5 Å². The van der Waals surface area contributed by atoms with Crippen LogP contribution >= 0.6 is 11.6 Å². The number of aliphatic hydroxyl groups excluding tert-OH is 1. The van der Waals surface area contributed by atoms with Crippen molar-refractivity contribution < 1.29 is 5.11 Å². The molecule has 0 saturated carbocycles. The average molecular weight is 172 g/mol. The molecule has 0 radical (unpaired) electrons. The van der Waals surface area contributed by atoms with E-state index >= 15 is 0 Å². The van der Waals surface area contributed by atoms with Gasteiger partial charge in [0.15, 0.2) is 0 Å². The number of hydrogen-bond acceptors (Lipinski definition) is 2. The Morgan fingerprint density at radius 2 is 2.27 bits per heavy atom. The molecular weight excluding hydrogens is 162 g/mol. The van der Waals surface area contributed by atoms with Crippen LogP contribution in [0, 0.1) is 0 Å². The van der Waals surface area contributed by atoms with Crippen LogP contribution in [0.4, 0.5) is 0 Å². The summed E-state index contributed by atoms with van der Waals surface area (Å²) in [4.78, 5) is 3.92. The lowest BCUT2D eigenvalue weighted by atomic mass is 10.2. The highest BCUT2D eigenvalue weighted by Crippen LogP contribution is 2.09. The Balaban J connectivity index is 2.56. The third-order valence-electron chi connectivity index (χ3n) is 1.39. The third kappa shape index (κ3) is 2.87. The minimum absolute atomic E-state index is 0.215. The predicted octanol–water partition coefficient (Wildman–Crippen LogP) is 1.66. The van der Waals surface area contributed by atoms with Crippen molar-refractivity contribution in [3.63, 3.8) is 0 Å². The van der Waals surface area contributed by atoms with Crippen LogP contribution in [0.25, 0.3) is 0 Å². The van der Waals surface area contributed by atoms with Crippen LogP contribution in [-0.4, -0.2) is 16.7 Å². The maximum Gasteiger partial charge on any atom is 0.0592 e. The maximum atomic E-state index is 8.54. The van der Waals surface area contributed by atoms with Gasteiger partial charge in [-0.1, -0.05) is 11.6 Å². The normalized spacial score (nSPS) is 10.0. The highest BCUT2D eigenvalue weighted by atomic mass is 35.5. The molecule has 2 nitrogen and oxygen atoms in total. The summed E-state index contributed by atoms with van der Waals surface area (Å²) in [5, 5.41) is 9.20. The SMILES string of the molecule is OCCCc1cncc(Cl)c1. The van der Waals surface area contributed by atoms with E-state index in [9.17, 15) is 0 Å². The standard InChI is InChI=1S/C8H10ClNO/c9-8-4-7(2-1-3-11)5-10-6-8/h4-6,11H,1-3H2. The van der Waals surface area contributed by atoms with E-state index < -0.39 is 0 Å². The van der Waals surface area contributed by atoms with E-state index in [0.29, 0.717) is 5.02 Å². The van der Waals surface area contributed by atoms with Gasteiger partial charge < -0.3 is 5.11 Å². The molecule has 60 valence electrons. The Morgan fingerprint density at radius 3 is 2.91 bits per heavy atom. The summed E-state index contributed by atoms with van der Waals surface area (Å²) >= 11 is 5.70. The Kier molecular flexibility index (Phi) is 3.33. The molecule has 1 rings (SSSR count). The van der Waals surface area contributed by atoms with Gasteiger partial charge in [0, 0.05) is 19.0 Å². The molecule has 1 aromatic rings. The number of nitrogens with zero attached hydrogens (tertiary/aromatic N) is 1. The molecule has 0 saturated heterocycles. The van der Waals surface area contributed by atoms with Crippen LogP contribution < -0.4 is 0 Å². The topological polar surface area (TPSA) is 33.1 Å². The molecule has 0 aromatic carbocycles. The Hall–Kier alpha value is -0.600. The third-order valence-corrected chi connectivity index (χ3v) is 1.59. The number of pyridine rings is 1. The molecule has 0 atom stereocenters. The second-order valence-corrected chi connectivity index (χ2v) is 2.78. The van der Waals surface area contributed by atoms with Crippen LogP contribution in [0.2, 0.25) is 5.02 Å². The highest BCUT2D eigenvalue weighted by Gasteiger charge is 1.93. The zero-order valence-corrected chi connectivity index (χ0v) is 6.88. The summed E-state index contributed by atoms with van der Waals surface area (Å²) in [5.74, 6) is 0. The molecule has 11 heavy (non-hydrogen) atoms. The van der Waals surface area contributed by atoms with Crippen molar-refractivity contribution in [1.82, 2.24) is 4.98 Å². The van der Waals surface area contributed by atoms with Gasteiger partial charge in [-0.15, -0.1) is 0 Å². The fraction of sp³-hybridized carbons (Fsp3) is 0.375. The van der Waals surface area contributed by atoms with Gasteiger partial charge >= 0.3 is 0 Å². The molecule has 1 heterocycles. The monoisotopic (exact) mass is 171 g/mol. The average Bonchev–Trinajstić information content (AvgIpc) is 2.01. The summed E-state index contributed by atoms with van der Waals surface area (Å²) in [6, 6.07) is 1.87. The second kappa shape index (κ2) is 4.31. The first-order chi connectivity index (χ1) is 5.33. The summed E-state index contributed by atoms with van der Waals surface area (Å²) in [7, 11) is 0. The number of hydrogen-bond donors (Lipinski definition) is 1. The first kappa shape index (κ1) is 8.50. The predicted molar refractivity (Wildman–Crippen MR) is 44.7 cm³/mol. The van der Waals surface area contributed by atoms with Crippen molar-refractivity contribution in [2.24, 2.45) is 0 Å². The van der Waals surface area contributed by atoms with Gasteiger partial charge in [-0.05, 0) is 24.5 Å². The van der Waals surface area contributed by atoms with Gasteiger partial charge in [-0.2, -0.15) is 0 Å². The molecule has 0 unspecified atom stereocenters. The van der Waals surface area contributed by atoms with Gasteiger partial charge in [-0.25, -0.2) is 0 Å². The minimum Gasteiger partial charge on any atom is -0.396 e. The van der Waals surface area contributed by atoms with Gasteiger partial charge in [0.1, 0.15) is 0 Å². The van der Waals surface area contributed by atoms with E-state index in [1.807, 2.05) is 6.07 Å². The molecule has 0 aliphatic rings. The number of halogens is 1. The van der Waals surface area contributed by atoms with Gasteiger partial charge in [0.25, 0.3) is 0 Å². The number of aliphatic hydroxyl groups is 1. The quantitative estimate of drug-likeness (QED) is 0.751. The lowest BCUT2D eigenvalue weighted by molar-refractivity contribution is 0.288. The molecule has 0 amide bonds. The van der Waals surface area contributed by atoms with E-state index in [4.69, 9.17) is 16.7 Å². The molecule has 0 bridgehead atoms. The number of aryl methyl sites for hydroxylation is 1. The molecular formula is C8H10ClNO. The van der Waals surface area contributed by atoms with E-state index in [1.54, 1.807) is 12.4 Å². The maximum absolute atomic E-state index is 8.54. The van der Waals surface area contributed by atoms with Gasteiger partial charge in [0.05, 0.1) is 5.02 Å². The first-order valence-electron chi connectivity index (χ1n) is 3.53. The lowest BCUT2D eigenvalue weighted by Crippen LogP contribution is -1.89. The van der Waals surface area contributed by atoms with Crippen molar-refractivity contribution in [2.75, 3.05) is 6.61 Å². The van der Waals surface area contributed by atoms with Crippen molar-refractivity contribution in [1.29, 1.82) is 0 Å². The molecule has 0 aliphatic heterocycles. The van der Waals surface area contributed by atoms with Crippen molar-refractivity contribution in [2.45, 2.75) is 12.8 Å². The zero-order valence-electron chi connectivity index (χ0n) is 6.13. The van der Waals surface area contributed by atoms with Crippen molar-refractivity contribution in [3.05, 3.63) is 29.0 Å². The molecule has 1 N–H and O–H groups in total. The zero-order chi connectivity index (χ0) is 8.10. The smallest absolute Gasteiger partial charge is 0.0592 e. The highest BCUT2D eigenvalue weighted by molar-refractivity contribution is 6.30. The van der Waals surface area contributed by atoms with E-state index in [1.165, 1.54) is 0 Å². The van der Waals surface area contributed by atoms with Crippen LogP contribution in [-0.2, 0) is 6.42 Å². The fourth-order valence-corrected chi connectivity index (χ4v) is 1.07. The number of rotatable bonds is 3. The molecule has 0 aliphatic carbocycles. The largest absolute Gasteiger partial charge is 0.396 e. The Morgan fingerprint density at radius 1 is 1.45 bits per heavy atom.